The predicted molar refractivity (Wildman–Crippen MR) is 138 cm³/mol. The molecular formula is C27H23ClN4O4. The zero-order chi connectivity index (χ0) is 25.7. The molecule has 4 rings (SSSR count). The van der Waals surface area contributed by atoms with Crippen LogP contribution in [-0.2, 0) is 14.3 Å². The maximum atomic E-state index is 13.1. The number of amides is 2. The van der Waals surface area contributed by atoms with Crippen LogP contribution in [0.4, 0.5) is 11.4 Å². The first kappa shape index (κ1) is 24.7. The number of aromatic nitrogens is 2. The van der Waals surface area contributed by atoms with Crippen LogP contribution < -0.4 is 10.6 Å². The predicted octanol–water partition coefficient (Wildman–Crippen LogP) is 5.34. The Balaban J connectivity index is 1.52. The average Bonchev–Trinajstić information content (AvgIpc) is 3.31. The number of hydrogen-bond donors (Lipinski definition) is 2. The van der Waals surface area contributed by atoms with Crippen LogP contribution in [0, 0.1) is 0 Å². The smallest absolute Gasteiger partial charge is 0.342 e. The standard InChI is InChI=1S/C27H23ClN4O4/c1-17(26(34)30-22-14-12-21(13-15-22)29-18(2)33)36-27(35)24-16-32(23-6-4-3-5-7-23)31-25(24)19-8-10-20(28)11-9-19/h3-17H,1-2H3,(H,29,33)(H,30,34)/t17-/m0/s1. The van der Waals surface area contributed by atoms with Crippen molar-refractivity contribution in [3.05, 3.63) is 95.6 Å². The molecule has 2 amide bonds. The van der Waals surface area contributed by atoms with E-state index in [4.69, 9.17) is 16.3 Å². The number of nitrogens with zero attached hydrogens (tertiary/aromatic N) is 2. The molecule has 1 heterocycles. The van der Waals surface area contributed by atoms with E-state index in [0.717, 1.165) is 5.69 Å². The molecule has 1 atom stereocenters. The minimum Gasteiger partial charge on any atom is -0.449 e. The van der Waals surface area contributed by atoms with Gasteiger partial charge in [-0.15, -0.1) is 0 Å². The highest BCUT2D eigenvalue weighted by atomic mass is 35.5. The number of carbonyl (C=O) groups is 3. The van der Waals surface area contributed by atoms with Gasteiger partial charge in [-0.3, -0.25) is 9.59 Å². The van der Waals surface area contributed by atoms with E-state index in [0.29, 0.717) is 27.7 Å². The van der Waals surface area contributed by atoms with Gasteiger partial charge in [0.15, 0.2) is 6.10 Å². The van der Waals surface area contributed by atoms with Gasteiger partial charge in [0, 0.05) is 35.1 Å². The third-order valence-corrected chi connectivity index (χ3v) is 5.45. The van der Waals surface area contributed by atoms with Crippen LogP contribution >= 0.6 is 11.6 Å². The van der Waals surface area contributed by atoms with Crippen LogP contribution in [-0.4, -0.2) is 33.7 Å². The molecule has 0 aliphatic carbocycles. The highest BCUT2D eigenvalue weighted by Gasteiger charge is 2.24. The van der Waals surface area contributed by atoms with Crippen molar-refractivity contribution < 1.29 is 19.1 Å². The molecule has 0 saturated heterocycles. The fraction of sp³-hybridized carbons (Fsp3) is 0.111. The average molecular weight is 503 g/mol. The molecule has 182 valence electrons. The summed E-state index contributed by atoms with van der Waals surface area (Å²) in [6.07, 6.45) is 0.498. The number of esters is 1. The van der Waals surface area contributed by atoms with Gasteiger partial charge in [0.25, 0.3) is 5.91 Å². The highest BCUT2D eigenvalue weighted by Crippen LogP contribution is 2.26. The van der Waals surface area contributed by atoms with Gasteiger partial charge in [-0.05, 0) is 55.5 Å². The summed E-state index contributed by atoms with van der Waals surface area (Å²) in [4.78, 5) is 37.0. The van der Waals surface area contributed by atoms with Gasteiger partial charge in [0.05, 0.1) is 5.69 Å². The summed E-state index contributed by atoms with van der Waals surface area (Å²) >= 11 is 6.02. The molecule has 0 bridgehead atoms. The van der Waals surface area contributed by atoms with Crippen LogP contribution in [0.1, 0.15) is 24.2 Å². The maximum absolute atomic E-state index is 13.1. The summed E-state index contributed by atoms with van der Waals surface area (Å²) in [5.74, 6) is -1.38. The first-order valence-electron chi connectivity index (χ1n) is 11.1. The van der Waals surface area contributed by atoms with Crippen molar-refractivity contribution in [3.63, 3.8) is 0 Å². The maximum Gasteiger partial charge on any atom is 0.342 e. The quantitative estimate of drug-likeness (QED) is 0.332. The number of halogens is 1. The van der Waals surface area contributed by atoms with Gasteiger partial charge < -0.3 is 15.4 Å². The number of nitrogens with one attached hydrogen (secondary N) is 2. The molecule has 4 aromatic rings. The van der Waals surface area contributed by atoms with Crippen molar-refractivity contribution in [1.29, 1.82) is 0 Å². The summed E-state index contributed by atoms with van der Waals surface area (Å²) in [7, 11) is 0. The number of anilines is 2. The lowest BCUT2D eigenvalue weighted by molar-refractivity contribution is -0.123. The minimum absolute atomic E-state index is 0.194. The van der Waals surface area contributed by atoms with E-state index in [1.807, 2.05) is 30.3 Å². The Labute approximate surface area is 212 Å². The van der Waals surface area contributed by atoms with Crippen molar-refractivity contribution in [3.8, 4) is 16.9 Å². The number of benzene rings is 3. The molecule has 0 aliphatic heterocycles. The van der Waals surface area contributed by atoms with Crippen LogP contribution in [0.15, 0.2) is 85.1 Å². The molecule has 9 heteroatoms. The molecule has 3 aromatic carbocycles. The molecule has 1 aromatic heterocycles. The van der Waals surface area contributed by atoms with Gasteiger partial charge >= 0.3 is 5.97 Å². The van der Waals surface area contributed by atoms with E-state index in [2.05, 4.69) is 15.7 Å². The van der Waals surface area contributed by atoms with Crippen LogP contribution in [0.25, 0.3) is 16.9 Å². The fourth-order valence-corrected chi connectivity index (χ4v) is 3.54. The van der Waals surface area contributed by atoms with Crippen molar-refractivity contribution in [2.24, 2.45) is 0 Å². The van der Waals surface area contributed by atoms with Crippen molar-refractivity contribution in [2.45, 2.75) is 20.0 Å². The number of carbonyl (C=O) groups excluding carboxylic acids is 3. The first-order chi connectivity index (χ1) is 17.3. The Hall–Kier alpha value is -4.43. The lowest BCUT2D eigenvalue weighted by Gasteiger charge is -2.14. The molecule has 0 spiro atoms. The Morgan fingerprint density at radius 1 is 0.889 bits per heavy atom. The monoisotopic (exact) mass is 502 g/mol. The first-order valence-corrected chi connectivity index (χ1v) is 11.5. The zero-order valence-corrected chi connectivity index (χ0v) is 20.3. The van der Waals surface area contributed by atoms with Crippen molar-refractivity contribution >= 4 is 40.8 Å². The van der Waals surface area contributed by atoms with Crippen molar-refractivity contribution in [1.82, 2.24) is 9.78 Å². The largest absolute Gasteiger partial charge is 0.449 e. The molecule has 0 fully saturated rings. The SMILES string of the molecule is CC(=O)Nc1ccc(NC(=O)[C@H](C)OC(=O)c2cn(-c3ccccc3)nc2-c2ccc(Cl)cc2)cc1. The van der Waals surface area contributed by atoms with Gasteiger partial charge in [-0.25, -0.2) is 9.48 Å². The van der Waals surface area contributed by atoms with Gasteiger partial charge in [-0.1, -0.05) is 41.9 Å². The zero-order valence-electron chi connectivity index (χ0n) is 19.6. The van der Waals surface area contributed by atoms with E-state index >= 15 is 0 Å². The van der Waals surface area contributed by atoms with Crippen LogP contribution in [0.2, 0.25) is 5.02 Å². The molecule has 0 aliphatic rings. The summed E-state index contributed by atoms with van der Waals surface area (Å²) in [6.45, 7) is 2.90. The van der Waals surface area contributed by atoms with Crippen LogP contribution in [0.5, 0.6) is 0 Å². The molecule has 0 saturated carbocycles. The molecule has 8 nitrogen and oxygen atoms in total. The summed E-state index contributed by atoms with van der Waals surface area (Å²) in [6, 6.07) is 22.9. The molecule has 0 radical (unpaired) electrons. The Kier molecular flexibility index (Phi) is 7.46. The molecule has 2 N–H and O–H groups in total. The number of rotatable bonds is 7. The second-order valence-corrected chi connectivity index (χ2v) is 8.41. The highest BCUT2D eigenvalue weighted by molar-refractivity contribution is 6.30. The lowest BCUT2D eigenvalue weighted by atomic mass is 10.1. The molecular weight excluding hydrogens is 480 g/mol. The second kappa shape index (κ2) is 10.9. The van der Waals surface area contributed by atoms with E-state index in [1.165, 1.54) is 13.8 Å². The normalized spacial score (nSPS) is 11.4. The number of para-hydroxylation sites is 1. The second-order valence-electron chi connectivity index (χ2n) is 7.97. The summed E-state index contributed by atoms with van der Waals surface area (Å²) < 4.78 is 7.08. The van der Waals surface area contributed by atoms with Crippen LogP contribution in [0.3, 0.4) is 0 Å². The van der Waals surface area contributed by atoms with E-state index in [9.17, 15) is 14.4 Å². The molecule has 36 heavy (non-hydrogen) atoms. The van der Waals surface area contributed by atoms with E-state index in [1.54, 1.807) is 59.4 Å². The fourth-order valence-electron chi connectivity index (χ4n) is 3.42. The van der Waals surface area contributed by atoms with E-state index < -0.39 is 18.0 Å². The van der Waals surface area contributed by atoms with E-state index in [-0.39, 0.29) is 11.5 Å². The lowest BCUT2D eigenvalue weighted by Crippen LogP contribution is -2.30. The topological polar surface area (TPSA) is 102 Å². The number of hydrogen-bond acceptors (Lipinski definition) is 5. The summed E-state index contributed by atoms with van der Waals surface area (Å²) in [5, 5.41) is 10.5. The third-order valence-electron chi connectivity index (χ3n) is 5.20. The molecule has 0 unspecified atom stereocenters. The summed E-state index contributed by atoms with van der Waals surface area (Å²) in [5.41, 5.74) is 3.15. The third kappa shape index (κ3) is 5.97. The Bertz CT molecular complexity index is 1380. The minimum atomic E-state index is -1.08. The number of ether oxygens (including phenoxy) is 1. The van der Waals surface area contributed by atoms with Crippen molar-refractivity contribution in [2.75, 3.05) is 10.6 Å². The van der Waals surface area contributed by atoms with Gasteiger partial charge in [-0.2, -0.15) is 5.10 Å². The Morgan fingerprint density at radius 3 is 2.11 bits per heavy atom. The van der Waals surface area contributed by atoms with Gasteiger partial charge in [0.2, 0.25) is 5.91 Å². The van der Waals surface area contributed by atoms with Gasteiger partial charge in [0.1, 0.15) is 11.3 Å². The Morgan fingerprint density at radius 2 is 1.50 bits per heavy atom.